The second kappa shape index (κ2) is 12.1. The molecule has 0 spiro atoms. The Morgan fingerprint density at radius 3 is 2.33 bits per heavy atom. The van der Waals surface area contributed by atoms with Gasteiger partial charge in [0.1, 0.15) is 11.8 Å². The number of amides is 1. The Hall–Kier alpha value is -3.89. The summed E-state index contributed by atoms with van der Waals surface area (Å²) in [7, 11) is 1.39. The Kier molecular flexibility index (Phi) is 8.80. The molecule has 0 radical (unpaired) electrons. The highest BCUT2D eigenvalue weighted by atomic mass is 32.2. The van der Waals surface area contributed by atoms with Crippen molar-refractivity contribution in [3.63, 3.8) is 0 Å². The first-order chi connectivity index (χ1) is 19.1. The topological polar surface area (TPSA) is 125 Å². The second-order valence-electron chi connectivity index (χ2n) is 10.1. The Balaban J connectivity index is 1.60. The van der Waals surface area contributed by atoms with Crippen LogP contribution in [0.25, 0.3) is 11.1 Å². The molecular weight excluding hydrogens is 530 g/mol. The number of ether oxygens (including phenoxy) is 1. The van der Waals surface area contributed by atoms with Gasteiger partial charge in [-0.25, -0.2) is 13.2 Å². The summed E-state index contributed by atoms with van der Waals surface area (Å²) in [4.78, 5) is 27.9. The van der Waals surface area contributed by atoms with Crippen LogP contribution < -0.4 is 20.3 Å². The number of benzene rings is 3. The third-order valence-electron chi connectivity index (χ3n) is 7.32. The molecule has 3 aromatic rings. The third kappa shape index (κ3) is 5.68. The largest absolute Gasteiger partial charge is 0.496 e. The van der Waals surface area contributed by atoms with E-state index in [1.54, 1.807) is 25.3 Å². The minimum Gasteiger partial charge on any atom is -0.496 e. The van der Waals surface area contributed by atoms with E-state index >= 15 is 0 Å². The zero-order valence-electron chi connectivity index (χ0n) is 22.9. The van der Waals surface area contributed by atoms with E-state index in [1.807, 2.05) is 61.5 Å². The summed E-state index contributed by atoms with van der Waals surface area (Å²) in [6.07, 6.45) is 0.552. The first-order valence-corrected chi connectivity index (χ1v) is 14.6. The molecule has 40 heavy (non-hydrogen) atoms. The number of hydrogen-bond acceptors (Lipinski definition) is 7. The van der Waals surface area contributed by atoms with E-state index in [0.29, 0.717) is 24.3 Å². The molecule has 4 rings (SSSR count). The van der Waals surface area contributed by atoms with E-state index in [-0.39, 0.29) is 24.3 Å². The van der Waals surface area contributed by atoms with Crippen molar-refractivity contribution < 1.29 is 27.9 Å². The van der Waals surface area contributed by atoms with Gasteiger partial charge in [-0.2, -0.15) is 0 Å². The summed E-state index contributed by atoms with van der Waals surface area (Å²) in [6.45, 7) is 0.486. The fourth-order valence-electron chi connectivity index (χ4n) is 5.13. The number of carboxylic acid groups (broad SMARTS) is 1. The van der Waals surface area contributed by atoms with Gasteiger partial charge in [0.2, 0.25) is 5.91 Å². The Morgan fingerprint density at radius 2 is 1.75 bits per heavy atom. The van der Waals surface area contributed by atoms with E-state index in [0.717, 1.165) is 16.8 Å². The normalized spacial score (nSPS) is 18.0. The number of piperidine rings is 1. The lowest BCUT2D eigenvalue weighted by molar-refractivity contribution is -0.142. The number of sulfone groups is 1. The Morgan fingerprint density at radius 1 is 1.05 bits per heavy atom. The molecule has 1 heterocycles. The number of carbonyl (C=O) groups is 2. The molecule has 0 aliphatic carbocycles. The van der Waals surface area contributed by atoms with Crippen LogP contribution in [0.1, 0.15) is 18.4 Å². The standard InChI is InChI=1S/C30H35N3O6S/c1-33(2)25-11-7-12-26(39-3)27(25)22-15-13-21(14-16-22)19-24(28(34)35)32-29(36)30(17-8-18-31-20-30)40(37,38)23-9-5-4-6-10-23/h4-7,9-16,24,31H,8,17-20H2,1-3H3,(H,32,36)(H,34,35)/t24-,30?/m0/s1. The number of carbonyl (C=O) groups excluding carboxylic acids is 1. The maximum absolute atomic E-state index is 13.7. The molecule has 0 saturated carbocycles. The van der Waals surface area contributed by atoms with Gasteiger partial charge >= 0.3 is 5.97 Å². The summed E-state index contributed by atoms with van der Waals surface area (Å²) < 4.78 is 31.2. The summed E-state index contributed by atoms with van der Waals surface area (Å²) in [6, 6.07) is 19.7. The number of nitrogens with one attached hydrogen (secondary N) is 2. The Labute approximate surface area is 235 Å². The summed E-state index contributed by atoms with van der Waals surface area (Å²) in [5.41, 5.74) is 3.44. The number of anilines is 1. The average molecular weight is 566 g/mol. The van der Waals surface area contributed by atoms with Crippen LogP contribution in [0, 0.1) is 0 Å². The monoisotopic (exact) mass is 565 g/mol. The molecule has 10 heteroatoms. The van der Waals surface area contributed by atoms with Crippen LogP contribution in [0.4, 0.5) is 5.69 Å². The number of rotatable bonds is 10. The molecule has 0 aromatic heterocycles. The van der Waals surface area contributed by atoms with Crippen LogP contribution in [0.3, 0.4) is 0 Å². The van der Waals surface area contributed by atoms with Gasteiger partial charge in [0.15, 0.2) is 14.6 Å². The highest BCUT2D eigenvalue weighted by Gasteiger charge is 2.52. The van der Waals surface area contributed by atoms with E-state index in [1.165, 1.54) is 12.1 Å². The number of hydrogen-bond donors (Lipinski definition) is 3. The van der Waals surface area contributed by atoms with Gasteiger partial charge in [0, 0.05) is 38.3 Å². The fourth-order valence-corrected chi connectivity index (χ4v) is 7.11. The first kappa shape index (κ1) is 29.1. The fraction of sp³-hybridized carbons (Fsp3) is 0.333. The van der Waals surface area contributed by atoms with Crippen molar-refractivity contribution in [1.82, 2.24) is 10.6 Å². The highest BCUT2D eigenvalue weighted by Crippen LogP contribution is 2.38. The minimum absolute atomic E-state index is 0.0112. The molecule has 3 N–H and O–H groups in total. The van der Waals surface area contributed by atoms with E-state index in [2.05, 4.69) is 10.6 Å². The molecule has 2 atom stereocenters. The Bertz CT molecular complexity index is 1450. The van der Waals surface area contributed by atoms with Gasteiger partial charge in [0.05, 0.1) is 12.0 Å². The molecule has 0 bridgehead atoms. The van der Waals surface area contributed by atoms with Crippen LogP contribution in [-0.4, -0.2) is 70.5 Å². The van der Waals surface area contributed by atoms with Gasteiger partial charge in [-0.15, -0.1) is 0 Å². The van der Waals surface area contributed by atoms with Crippen LogP contribution >= 0.6 is 0 Å². The van der Waals surface area contributed by atoms with Gasteiger partial charge in [0.25, 0.3) is 0 Å². The molecule has 1 unspecified atom stereocenters. The summed E-state index contributed by atoms with van der Waals surface area (Å²) >= 11 is 0. The van der Waals surface area contributed by atoms with Gasteiger partial charge in [-0.1, -0.05) is 48.5 Å². The van der Waals surface area contributed by atoms with Crippen LogP contribution in [0.2, 0.25) is 0 Å². The van der Waals surface area contributed by atoms with E-state index < -0.39 is 32.5 Å². The van der Waals surface area contributed by atoms with Crippen LogP contribution in [-0.2, 0) is 25.8 Å². The van der Waals surface area contributed by atoms with E-state index in [9.17, 15) is 23.1 Å². The molecule has 1 fully saturated rings. The summed E-state index contributed by atoms with van der Waals surface area (Å²) in [5.74, 6) is -1.34. The van der Waals surface area contributed by atoms with Gasteiger partial charge in [-0.05, 0) is 54.8 Å². The van der Waals surface area contributed by atoms with Crippen molar-refractivity contribution in [2.75, 3.05) is 39.2 Å². The van der Waals surface area contributed by atoms with Crippen molar-refractivity contribution in [2.45, 2.75) is 34.9 Å². The number of methoxy groups -OCH3 is 1. The maximum Gasteiger partial charge on any atom is 0.326 e. The average Bonchev–Trinajstić information content (AvgIpc) is 2.97. The SMILES string of the molecule is COc1cccc(N(C)C)c1-c1ccc(C[C@H](NC(=O)C2(S(=O)(=O)c3ccccc3)CCCNC2)C(=O)O)cc1. The minimum atomic E-state index is -4.10. The second-order valence-corrected chi connectivity index (χ2v) is 12.4. The predicted octanol–water partition coefficient (Wildman–Crippen LogP) is 3.14. The lowest BCUT2D eigenvalue weighted by atomic mass is 9.95. The molecule has 9 nitrogen and oxygen atoms in total. The molecular formula is C30H35N3O6S. The van der Waals surface area contributed by atoms with E-state index in [4.69, 9.17) is 4.74 Å². The smallest absolute Gasteiger partial charge is 0.326 e. The van der Waals surface area contributed by atoms with Crippen molar-refractivity contribution in [3.8, 4) is 16.9 Å². The molecule has 1 saturated heterocycles. The quantitative estimate of drug-likeness (QED) is 0.343. The number of carboxylic acids is 1. The van der Waals surface area contributed by atoms with Crippen LogP contribution in [0.15, 0.2) is 77.7 Å². The first-order valence-electron chi connectivity index (χ1n) is 13.1. The lowest BCUT2D eigenvalue weighted by Crippen LogP contribution is -2.62. The van der Waals surface area contributed by atoms with Gasteiger partial charge < -0.3 is 25.4 Å². The third-order valence-corrected chi connectivity index (χ3v) is 9.77. The molecule has 1 aliphatic rings. The zero-order valence-corrected chi connectivity index (χ0v) is 23.7. The van der Waals surface area contributed by atoms with Crippen molar-refractivity contribution in [3.05, 3.63) is 78.4 Å². The maximum atomic E-state index is 13.7. The van der Waals surface area contributed by atoms with Crippen molar-refractivity contribution in [2.24, 2.45) is 0 Å². The number of aliphatic carboxylic acids is 1. The molecule has 3 aromatic carbocycles. The molecule has 212 valence electrons. The summed E-state index contributed by atoms with van der Waals surface area (Å²) in [5, 5.41) is 15.6. The van der Waals surface area contributed by atoms with Crippen LogP contribution in [0.5, 0.6) is 5.75 Å². The van der Waals surface area contributed by atoms with Crippen molar-refractivity contribution in [1.29, 1.82) is 0 Å². The zero-order chi connectivity index (χ0) is 28.9. The predicted molar refractivity (Wildman–Crippen MR) is 154 cm³/mol. The molecule has 1 amide bonds. The lowest BCUT2D eigenvalue weighted by Gasteiger charge is -2.36. The van der Waals surface area contributed by atoms with Crippen molar-refractivity contribution >= 4 is 27.4 Å². The molecule has 1 aliphatic heterocycles. The number of nitrogens with zero attached hydrogens (tertiary/aromatic N) is 1. The van der Waals surface area contributed by atoms with Gasteiger partial charge in [-0.3, -0.25) is 4.79 Å². The highest BCUT2D eigenvalue weighted by molar-refractivity contribution is 7.93.